The summed E-state index contributed by atoms with van der Waals surface area (Å²) in [7, 11) is -3.77. The Morgan fingerprint density at radius 2 is 1.72 bits per heavy atom. The van der Waals surface area contributed by atoms with Crippen LogP contribution in [0.15, 0.2) is 76.2 Å². The van der Waals surface area contributed by atoms with Crippen LogP contribution in [0.4, 0.5) is 0 Å². The topological polar surface area (TPSA) is 70.8 Å². The molecule has 4 rings (SSSR count). The summed E-state index contributed by atoms with van der Waals surface area (Å²) < 4.78 is 33.3. The highest BCUT2D eigenvalue weighted by atomic mass is 35.5. The Hall–Kier alpha value is -2.61. The van der Waals surface area contributed by atoms with E-state index in [0.717, 1.165) is 24.8 Å². The van der Waals surface area contributed by atoms with Crippen molar-refractivity contribution < 1.29 is 17.6 Å². The Morgan fingerprint density at radius 1 is 0.969 bits per heavy atom. The van der Waals surface area contributed by atoms with Gasteiger partial charge in [0.05, 0.1) is 17.8 Å². The monoisotopic (exact) mass is 472 g/mol. The number of carbonyl (C=O) groups excluding carboxylic acids is 1. The first-order valence-electron chi connectivity index (χ1n) is 10.6. The van der Waals surface area contributed by atoms with Gasteiger partial charge in [0.2, 0.25) is 10.0 Å². The number of hydrogen-bond acceptors (Lipinski definition) is 4. The molecule has 0 unspecified atom stereocenters. The van der Waals surface area contributed by atoms with E-state index >= 15 is 0 Å². The lowest BCUT2D eigenvalue weighted by Gasteiger charge is -2.27. The van der Waals surface area contributed by atoms with Gasteiger partial charge in [0.15, 0.2) is 0 Å². The number of hydrogen-bond donors (Lipinski definition) is 0. The standard InChI is InChI=1S/C24H25ClN2O4S/c25-22-12-11-20(16-23(22)32(29,30)27-13-5-2-6-14-27)24(28)26(18-21-10-7-15-31-21)17-19-8-3-1-4-9-19/h1,3-4,7-12,15-16H,2,5-6,13-14,17-18H2. The zero-order valence-corrected chi connectivity index (χ0v) is 19.2. The predicted molar refractivity (Wildman–Crippen MR) is 123 cm³/mol. The Kier molecular flexibility index (Phi) is 6.98. The molecule has 1 aliphatic rings. The van der Waals surface area contributed by atoms with Gasteiger partial charge in [-0.25, -0.2) is 8.42 Å². The molecular formula is C24H25ClN2O4S. The first-order valence-corrected chi connectivity index (χ1v) is 12.4. The molecule has 168 valence electrons. The second-order valence-corrected chi connectivity index (χ2v) is 10.1. The molecule has 2 heterocycles. The molecule has 0 N–H and O–H groups in total. The van der Waals surface area contributed by atoms with Crippen LogP contribution < -0.4 is 0 Å². The lowest BCUT2D eigenvalue weighted by atomic mass is 10.1. The molecule has 0 atom stereocenters. The number of sulfonamides is 1. The average Bonchev–Trinajstić information content (AvgIpc) is 3.33. The minimum Gasteiger partial charge on any atom is -0.467 e. The van der Waals surface area contributed by atoms with Crippen LogP contribution in [0.25, 0.3) is 0 Å². The fourth-order valence-corrected chi connectivity index (χ4v) is 5.87. The lowest BCUT2D eigenvalue weighted by Crippen LogP contribution is -2.36. The summed E-state index contributed by atoms with van der Waals surface area (Å²) in [5, 5.41) is 0.118. The van der Waals surface area contributed by atoms with Crippen molar-refractivity contribution >= 4 is 27.5 Å². The molecule has 1 aliphatic heterocycles. The molecule has 1 amide bonds. The van der Waals surface area contributed by atoms with Gasteiger partial charge in [0.1, 0.15) is 10.7 Å². The van der Waals surface area contributed by atoms with Crippen molar-refractivity contribution in [3.63, 3.8) is 0 Å². The average molecular weight is 473 g/mol. The van der Waals surface area contributed by atoms with Crippen LogP contribution in [0.1, 0.15) is 40.9 Å². The minimum atomic E-state index is -3.77. The highest BCUT2D eigenvalue weighted by molar-refractivity contribution is 7.89. The molecule has 0 bridgehead atoms. The first-order chi connectivity index (χ1) is 15.4. The Morgan fingerprint density at radius 3 is 2.41 bits per heavy atom. The zero-order chi connectivity index (χ0) is 22.6. The molecular weight excluding hydrogens is 448 g/mol. The molecule has 0 spiro atoms. The normalized spacial score (nSPS) is 14.9. The van der Waals surface area contributed by atoms with E-state index in [9.17, 15) is 13.2 Å². The van der Waals surface area contributed by atoms with Gasteiger partial charge < -0.3 is 9.32 Å². The molecule has 3 aromatic rings. The molecule has 1 saturated heterocycles. The van der Waals surface area contributed by atoms with Crippen LogP contribution in [0, 0.1) is 0 Å². The van der Waals surface area contributed by atoms with Gasteiger partial charge in [-0.2, -0.15) is 4.31 Å². The predicted octanol–water partition coefficient (Wildman–Crippen LogP) is 4.95. The van der Waals surface area contributed by atoms with Crippen molar-refractivity contribution in [2.45, 2.75) is 37.2 Å². The van der Waals surface area contributed by atoms with E-state index in [0.29, 0.717) is 25.4 Å². The van der Waals surface area contributed by atoms with E-state index in [4.69, 9.17) is 16.0 Å². The zero-order valence-electron chi connectivity index (χ0n) is 17.6. The van der Waals surface area contributed by atoms with E-state index in [-0.39, 0.29) is 27.9 Å². The summed E-state index contributed by atoms with van der Waals surface area (Å²) in [6, 6.07) is 17.7. The van der Waals surface area contributed by atoms with Gasteiger partial charge in [-0.05, 0) is 48.7 Å². The SMILES string of the molecule is O=C(c1ccc(Cl)c(S(=O)(=O)N2CCCCC2)c1)N(Cc1ccccc1)Cc1ccco1. The summed E-state index contributed by atoms with van der Waals surface area (Å²) in [4.78, 5) is 15.1. The van der Waals surface area contributed by atoms with E-state index in [1.165, 1.54) is 16.4 Å². The molecule has 6 nitrogen and oxygen atoms in total. The van der Waals surface area contributed by atoms with Crippen molar-refractivity contribution in [3.05, 3.63) is 88.8 Å². The molecule has 1 aromatic heterocycles. The molecule has 0 aliphatic carbocycles. The smallest absolute Gasteiger partial charge is 0.254 e. The molecule has 8 heteroatoms. The van der Waals surface area contributed by atoms with Crippen LogP contribution in [0.3, 0.4) is 0 Å². The fourth-order valence-electron chi connectivity index (χ4n) is 3.85. The second-order valence-electron chi connectivity index (χ2n) is 7.84. The quantitative estimate of drug-likeness (QED) is 0.487. The van der Waals surface area contributed by atoms with Crippen molar-refractivity contribution in [2.75, 3.05) is 13.1 Å². The van der Waals surface area contributed by atoms with E-state index in [1.54, 1.807) is 29.4 Å². The van der Waals surface area contributed by atoms with Gasteiger partial charge in [0.25, 0.3) is 5.91 Å². The van der Waals surface area contributed by atoms with Gasteiger partial charge in [-0.1, -0.05) is 48.4 Å². The molecule has 2 aromatic carbocycles. The highest BCUT2D eigenvalue weighted by Gasteiger charge is 2.29. The van der Waals surface area contributed by atoms with Crippen LogP contribution in [-0.4, -0.2) is 36.6 Å². The summed E-state index contributed by atoms with van der Waals surface area (Å²) in [6.45, 7) is 1.56. The minimum absolute atomic E-state index is 0.0235. The number of furan rings is 1. The second kappa shape index (κ2) is 9.90. The Bertz CT molecular complexity index is 1160. The third-order valence-electron chi connectivity index (χ3n) is 5.54. The van der Waals surface area contributed by atoms with Gasteiger partial charge >= 0.3 is 0 Å². The van der Waals surface area contributed by atoms with Crippen molar-refractivity contribution in [3.8, 4) is 0 Å². The van der Waals surface area contributed by atoms with Crippen LogP contribution >= 0.6 is 11.6 Å². The Balaban J connectivity index is 1.65. The van der Waals surface area contributed by atoms with Gasteiger partial charge in [-0.15, -0.1) is 0 Å². The molecule has 0 radical (unpaired) electrons. The lowest BCUT2D eigenvalue weighted by molar-refractivity contribution is 0.0717. The molecule has 0 saturated carbocycles. The number of halogens is 1. The van der Waals surface area contributed by atoms with E-state index in [1.807, 2.05) is 30.3 Å². The van der Waals surface area contributed by atoms with Crippen molar-refractivity contribution in [1.29, 1.82) is 0 Å². The number of piperidine rings is 1. The maximum atomic E-state index is 13.5. The van der Waals surface area contributed by atoms with Crippen LogP contribution in [-0.2, 0) is 23.1 Å². The number of amides is 1. The van der Waals surface area contributed by atoms with Gasteiger partial charge in [-0.3, -0.25) is 4.79 Å². The fraction of sp³-hybridized carbons (Fsp3) is 0.292. The maximum Gasteiger partial charge on any atom is 0.254 e. The number of rotatable bonds is 7. The molecule has 1 fully saturated rings. The van der Waals surface area contributed by atoms with E-state index < -0.39 is 10.0 Å². The third kappa shape index (κ3) is 5.06. The van der Waals surface area contributed by atoms with Crippen LogP contribution in [0.5, 0.6) is 0 Å². The Labute approximate surface area is 193 Å². The molecule has 32 heavy (non-hydrogen) atoms. The number of benzene rings is 2. The van der Waals surface area contributed by atoms with Crippen LogP contribution in [0.2, 0.25) is 5.02 Å². The largest absolute Gasteiger partial charge is 0.467 e. The summed E-state index contributed by atoms with van der Waals surface area (Å²) in [6.07, 6.45) is 4.22. The van der Waals surface area contributed by atoms with E-state index in [2.05, 4.69) is 0 Å². The number of carbonyl (C=O) groups is 1. The van der Waals surface area contributed by atoms with Gasteiger partial charge in [0, 0.05) is 25.2 Å². The summed E-state index contributed by atoms with van der Waals surface area (Å²) >= 11 is 6.28. The first kappa shape index (κ1) is 22.6. The maximum absolute atomic E-state index is 13.5. The number of nitrogens with zero attached hydrogens (tertiary/aromatic N) is 2. The third-order valence-corrected chi connectivity index (χ3v) is 7.92. The highest BCUT2D eigenvalue weighted by Crippen LogP contribution is 2.28. The van der Waals surface area contributed by atoms with Crippen molar-refractivity contribution in [1.82, 2.24) is 9.21 Å². The summed E-state index contributed by atoms with van der Waals surface area (Å²) in [5.74, 6) is 0.349. The van der Waals surface area contributed by atoms with Crippen molar-refractivity contribution in [2.24, 2.45) is 0 Å². The summed E-state index contributed by atoms with van der Waals surface area (Å²) in [5.41, 5.74) is 1.23.